The standard InChI is InChI=1S/C17H29N3O/c1-15-13-19(3)11-12-20(15)10-9-17(14-21,18-2)16-7-5-4-6-8-16/h4-8,15,18,21H,9-14H2,1-3H3. The molecule has 0 aromatic heterocycles. The van der Waals surface area contributed by atoms with Gasteiger partial charge in [0.2, 0.25) is 0 Å². The van der Waals surface area contributed by atoms with Crippen LogP contribution in [-0.4, -0.2) is 67.8 Å². The molecule has 1 aliphatic heterocycles. The van der Waals surface area contributed by atoms with Crippen molar-refractivity contribution in [1.82, 2.24) is 15.1 Å². The van der Waals surface area contributed by atoms with E-state index >= 15 is 0 Å². The average molecular weight is 291 g/mol. The third kappa shape index (κ3) is 3.83. The number of hydrogen-bond donors (Lipinski definition) is 2. The van der Waals surface area contributed by atoms with Crippen LogP contribution >= 0.6 is 0 Å². The van der Waals surface area contributed by atoms with Crippen LogP contribution in [0.25, 0.3) is 0 Å². The van der Waals surface area contributed by atoms with E-state index < -0.39 is 0 Å². The lowest BCUT2D eigenvalue weighted by atomic mass is 9.87. The maximum absolute atomic E-state index is 9.98. The summed E-state index contributed by atoms with van der Waals surface area (Å²) in [5, 5.41) is 13.3. The van der Waals surface area contributed by atoms with Crippen LogP contribution in [0.5, 0.6) is 0 Å². The highest BCUT2D eigenvalue weighted by Gasteiger charge is 2.31. The van der Waals surface area contributed by atoms with Crippen LogP contribution in [0.4, 0.5) is 0 Å². The highest BCUT2D eigenvalue weighted by atomic mass is 16.3. The summed E-state index contributed by atoms with van der Waals surface area (Å²) in [4.78, 5) is 4.92. The van der Waals surface area contributed by atoms with E-state index in [1.165, 1.54) is 0 Å². The fourth-order valence-electron chi connectivity index (χ4n) is 3.26. The second-order valence-corrected chi connectivity index (χ2v) is 6.25. The Kier molecular flexibility index (Phi) is 5.76. The molecule has 0 amide bonds. The molecule has 1 heterocycles. The Bertz CT molecular complexity index is 419. The summed E-state index contributed by atoms with van der Waals surface area (Å²) in [6, 6.07) is 10.9. The van der Waals surface area contributed by atoms with Gasteiger partial charge in [0.1, 0.15) is 0 Å². The highest BCUT2D eigenvalue weighted by Crippen LogP contribution is 2.25. The third-order valence-corrected chi connectivity index (χ3v) is 4.87. The minimum absolute atomic E-state index is 0.121. The monoisotopic (exact) mass is 291 g/mol. The Balaban J connectivity index is 2.04. The second-order valence-electron chi connectivity index (χ2n) is 6.25. The molecule has 0 radical (unpaired) electrons. The molecule has 2 rings (SSSR count). The summed E-state index contributed by atoms with van der Waals surface area (Å²) in [5.41, 5.74) is 0.821. The van der Waals surface area contributed by atoms with Crippen LogP contribution in [-0.2, 0) is 5.54 Å². The summed E-state index contributed by atoms with van der Waals surface area (Å²) >= 11 is 0. The maximum atomic E-state index is 9.98. The zero-order valence-corrected chi connectivity index (χ0v) is 13.5. The molecule has 0 spiro atoms. The van der Waals surface area contributed by atoms with Crippen LogP contribution in [0.1, 0.15) is 18.9 Å². The van der Waals surface area contributed by atoms with E-state index in [2.05, 4.69) is 41.2 Å². The van der Waals surface area contributed by atoms with E-state index in [9.17, 15) is 5.11 Å². The van der Waals surface area contributed by atoms with Gasteiger partial charge in [0.15, 0.2) is 0 Å². The molecular weight excluding hydrogens is 262 g/mol. The molecule has 0 bridgehead atoms. The van der Waals surface area contributed by atoms with Gasteiger partial charge >= 0.3 is 0 Å². The van der Waals surface area contributed by atoms with Crippen molar-refractivity contribution in [3.63, 3.8) is 0 Å². The average Bonchev–Trinajstić information content (AvgIpc) is 2.51. The molecule has 1 saturated heterocycles. The van der Waals surface area contributed by atoms with Crippen LogP contribution < -0.4 is 5.32 Å². The Morgan fingerprint density at radius 1 is 1.29 bits per heavy atom. The first-order valence-electron chi connectivity index (χ1n) is 7.89. The van der Waals surface area contributed by atoms with Crippen molar-refractivity contribution in [3.05, 3.63) is 35.9 Å². The van der Waals surface area contributed by atoms with Crippen LogP contribution in [0, 0.1) is 0 Å². The molecule has 0 saturated carbocycles. The molecule has 1 fully saturated rings. The molecule has 118 valence electrons. The Hall–Kier alpha value is -0.940. The SMILES string of the molecule is CNC(CO)(CCN1CCN(C)CC1C)c1ccccc1. The lowest BCUT2D eigenvalue weighted by Crippen LogP contribution is -2.53. The molecule has 2 atom stereocenters. The number of piperazine rings is 1. The Morgan fingerprint density at radius 2 is 2.00 bits per heavy atom. The number of benzene rings is 1. The zero-order chi connectivity index (χ0) is 15.3. The van der Waals surface area contributed by atoms with Crippen molar-refractivity contribution in [3.8, 4) is 0 Å². The number of aliphatic hydroxyl groups is 1. The first kappa shape index (κ1) is 16.4. The fourth-order valence-corrected chi connectivity index (χ4v) is 3.26. The van der Waals surface area contributed by atoms with Crippen molar-refractivity contribution in [2.45, 2.75) is 24.9 Å². The lowest BCUT2D eigenvalue weighted by molar-refractivity contribution is 0.0772. The van der Waals surface area contributed by atoms with E-state index in [-0.39, 0.29) is 12.1 Å². The van der Waals surface area contributed by atoms with E-state index in [0.29, 0.717) is 6.04 Å². The minimum atomic E-state index is -0.343. The Labute approximate surface area is 128 Å². The number of aliphatic hydroxyl groups excluding tert-OH is 1. The second kappa shape index (κ2) is 7.36. The van der Waals surface area contributed by atoms with Crippen LogP contribution in [0.3, 0.4) is 0 Å². The molecule has 2 unspecified atom stereocenters. The van der Waals surface area contributed by atoms with Gasteiger partial charge in [-0.2, -0.15) is 0 Å². The lowest BCUT2D eigenvalue weighted by Gasteiger charge is -2.41. The molecular formula is C17H29N3O. The number of rotatable bonds is 6. The van der Waals surface area contributed by atoms with Crippen LogP contribution in [0.2, 0.25) is 0 Å². The first-order valence-corrected chi connectivity index (χ1v) is 7.89. The number of nitrogens with one attached hydrogen (secondary N) is 1. The van der Waals surface area contributed by atoms with Gasteiger partial charge in [-0.3, -0.25) is 4.90 Å². The molecule has 21 heavy (non-hydrogen) atoms. The zero-order valence-electron chi connectivity index (χ0n) is 13.5. The van der Waals surface area contributed by atoms with Crippen molar-refractivity contribution < 1.29 is 5.11 Å². The van der Waals surface area contributed by atoms with Crippen molar-refractivity contribution in [2.24, 2.45) is 0 Å². The first-order chi connectivity index (χ1) is 10.1. The fraction of sp³-hybridized carbons (Fsp3) is 0.647. The smallest absolute Gasteiger partial charge is 0.0678 e. The van der Waals surface area contributed by atoms with E-state index in [1.54, 1.807) is 0 Å². The summed E-state index contributed by atoms with van der Waals surface area (Å²) in [6.45, 7) is 6.77. The largest absolute Gasteiger partial charge is 0.394 e. The topological polar surface area (TPSA) is 38.7 Å². The summed E-state index contributed by atoms with van der Waals surface area (Å²) < 4.78 is 0. The van der Waals surface area contributed by atoms with Crippen molar-refractivity contribution in [1.29, 1.82) is 0 Å². The minimum Gasteiger partial charge on any atom is -0.394 e. The molecule has 1 aliphatic rings. The van der Waals surface area contributed by atoms with Crippen molar-refractivity contribution in [2.75, 3.05) is 46.9 Å². The van der Waals surface area contributed by atoms with Gasteiger partial charge in [-0.15, -0.1) is 0 Å². The van der Waals surface area contributed by atoms with Crippen molar-refractivity contribution >= 4 is 0 Å². The van der Waals surface area contributed by atoms with Gasteiger partial charge in [0.25, 0.3) is 0 Å². The molecule has 1 aromatic carbocycles. The predicted octanol–water partition coefficient (Wildman–Crippen LogP) is 1.12. The van der Waals surface area contributed by atoms with Gasteiger partial charge in [-0.05, 0) is 33.0 Å². The van der Waals surface area contributed by atoms with Gasteiger partial charge in [0, 0.05) is 32.2 Å². The highest BCUT2D eigenvalue weighted by molar-refractivity contribution is 5.24. The number of hydrogen-bond acceptors (Lipinski definition) is 4. The van der Waals surface area contributed by atoms with E-state index in [4.69, 9.17) is 0 Å². The summed E-state index contributed by atoms with van der Waals surface area (Å²) in [5.74, 6) is 0. The van der Waals surface area contributed by atoms with Gasteiger partial charge < -0.3 is 15.3 Å². The third-order valence-electron chi connectivity index (χ3n) is 4.87. The number of nitrogens with zero attached hydrogens (tertiary/aromatic N) is 2. The molecule has 4 heteroatoms. The summed E-state index contributed by atoms with van der Waals surface area (Å²) in [6.07, 6.45) is 0.915. The number of likely N-dealkylation sites (N-methyl/N-ethyl adjacent to an activating group) is 2. The van der Waals surface area contributed by atoms with Gasteiger partial charge in [0.05, 0.1) is 12.1 Å². The quantitative estimate of drug-likeness (QED) is 0.824. The molecule has 1 aromatic rings. The van der Waals surface area contributed by atoms with E-state index in [0.717, 1.165) is 38.2 Å². The summed E-state index contributed by atoms with van der Waals surface area (Å²) in [7, 11) is 4.13. The van der Waals surface area contributed by atoms with Gasteiger partial charge in [-0.1, -0.05) is 30.3 Å². The maximum Gasteiger partial charge on any atom is 0.0678 e. The normalized spacial score (nSPS) is 23.9. The van der Waals surface area contributed by atoms with Crippen LogP contribution in [0.15, 0.2) is 30.3 Å². The van der Waals surface area contributed by atoms with E-state index in [1.807, 2.05) is 25.2 Å². The van der Waals surface area contributed by atoms with Gasteiger partial charge in [-0.25, -0.2) is 0 Å². The molecule has 4 nitrogen and oxygen atoms in total. The molecule has 2 N–H and O–H groups in total. The predicted molar refractivity (Wildman–Crippen MR) is 87.4 cm³/mol. The molecule has 0 aliphatic carbocycles. The Morgan fingerprint density at radius 3 is 2.57 bits per heavy atom.